The Bertz CT molecular complexity index is 1010. The first-order valence-electron chi connectivity index (χ1n) is 9.05. The first-order valence-corrected chi connectivity index (χ1v) is 10.7. The summed E-state index contributed by atoms with van der Waals surface area (Å²) in [7, 11) is 0. The maximum absolute atomic E-state index is 12.1. The number of para-hydroxylation sites is 1. The van der Waals surface area contributed by atoms with Crippen LogP contribution < -0.4 is 10.2 Å². The molecule has 29 heavy (non-hydrogen) atoms. The van der Waals surface area contributed by atoms with Crippen LogP contribution in [0.1, 0.15) is 31.5 Å². The predicted octanol–water partition coefficient (Wildman–Crippen LogP) is 4.53. The number of rotatable bonds is 7. The molecule has 2 aromatic heterocycles. The van der Waals surface area contributed by atoms with E-state index in [2.05, 4.69) is 34.3 Å². The van der Waals surface area contributed by atoms with Crippen LogP contribution >= 0.6 is 22.7 Å². The number of amides is 2. The normalized spacial score (nSPS) is 11.2. The quantitative estimate of drug-likeness (QED) is 0.560. The predicted molar refractivity (Wildman–Crippen MR) is 117 cm³/mol. The van der Waals surface area contributed by atoms with E-state index in [0.717, 1.165) is 17.1 Å². The van der Waals surface area contributed by atoms with Crippen LogP contribution in [0.5, 0.6) is 0 Å². The van der Waals surface area contributed by atoms with E-state index >= 15 is 0 Å². The molecule has 0 saturated carbocycles. The van der Waals surface area contributed by atoms with Gasteiger partial charge in [0.2, 0.25) is 16.9 Å². The summed E-state index contributed by atoms with van der Waals surface area (Å²) in [6.45, 7) is 5.71. The summed E-state index contributed by atoms with van der Waals surface area (Å²) in [5.41, 5.74) is 1.34. The molecule has 0 spiro atoms. The highest BCUT2D eigenvalue weighted by atomic mass is 32.1. The third kappa shape index (κ3) is 5.78. The molecule has 150 valence electrons. The molecule has 3 aromatic rings. The van der Waals surface area contributed by atoms with E-state index in [1.165, 1.54) is 35.7 Å². The number of aromatic nitrogens is 3. The van der Waals surface area contributed by atoms with Crippen molar-refractivity contribution in [1.82, 2.24) is 15.2 Å². The van der Waals surface area contributed by atoms with Gasteiger partial charge in [0, 0.05) is 24.8 Å². The van der Waals surface area contributed by atoms with Crippen molar-refractivity contribution >= 4 is 56.5 Å². The number of nitrogens with one attached hydrogen (secondary N) is 1. The third-order valence-corrected chi connectivity index (χ3v) is 5.42. The molecule has 0 radical (unpaired) electrons. The number of nitrogens with zero attached hydrogens (tertiary/aromatic N) is 4. The molecule has 3 rings (SSSR count). The summed E-state index contributed by atoms with van der Waals surface area (Å²) in [5.74, 6) is 0.0429. The average molecular weight is 428 g/mol. The number of carbonyl (C=O) groups is 2. The molecule has 9 heteroatoms. The smallest absolute Gasteiger partial charge is 0.250 e. The van der Waals surface area contributed by atoms with Gasteiger partial charge in [0.1, 0.15) is 5.01 Å². The lowest BCUT2D eigenvalue weighted by Crippen LogP contribution is -2.22. The van der Waals surface area contributed by atoms with Gasteiger partial charge in [-0.05, 0) is 24.1 Å². The highest BCUT2D eigenvalue weighted by Crippen LogP contribution is 2.29. The number of hydrogen-bond donors (Lipinski definition) is 1. The first-order chi connectivity index (χ1) is 13.9. The number of hydrogen-bond acceptors (Lipinski definition) is 7. The fourth-order valence-corrected chi connectivity index (χ4v) is 4.31. The molecule has 0 saturated heterocycles. The van der Waals surface area contributed by atoms with Crippen molar-refractivity contribution in [3.8, 4) is 0 Å². The Balaban J connectivity index is 1.65. The van der Waals surface area contributed by atoms with Crippen LogP contribution in [-0.4, -0.2) is 27.0 Å². The zero-order valence-electron chi connectivity index (χ0n) is 16.3. The maximum atomic E-state index is 12.1. The molecule has 2 amide bonds. The van der Waals surface area contributed by atoms with Crippen LogP contribution in [-0.2, 0) is 16.0 Å². The topological polar surface area (TPSA) is 88.1 Å². The molecular weight excluding hydrogens is 406 g/mol. The van der Waals surface area contributed by atoms with E-state index < -0.39 is 0 Å². The Kier molecular flexibility index (Phi) is 6.84. The largest absolute Gasteiger partial charge is 0.297 e. The van der Waals surface area contributed by atoms with E-state index in [4.69, 9.17) is 0 Å². The SMILES string of the molecule is CC(=O)N(c1ccccc1)c1nc(C=CC(=O)Nc2nnc(CC(C)C)s2)cs1. The van der Waals surface area contributed by atoms with Crippen LogP contribution in [0.3, 0.4) is 0 Å². The number of benzene rings is 1. The molecule has 0 fully saturated rings. The summed E-state index contributed by atoms with van der Waals surface area (Å²) in [6.07, 6.45) is 3.83. The van der Waals surface area contributed by atoms with E-state index in [0.29, 0.717) is 21.9 Å². The van der Waals surface area contributed by atoms with E-state index in [-0.39, 0.29) is 11.8 Å². The Labute approximate surface area is 177 Å². The molecule has 2 heterocycles. The molecule has 7 nitrogen and oxygen atoms in total. The number of thiazole rings is 1. The van der Waals surface area contributed by atoms with Gasteiger partial charge in [-0.2, -0.15) is 0 Å². The van der Waals surface area contributed by atoms with Gasteiger partial charge < -0.3 is 0 Å². The van der Waals surface area contributed by atoms with Gasteiger partial charge in [-0.25, -0.2) is 4.98 Å². The van der Waals surface area contributed by atoms with Gasteiger partial charge in [-0.15, -0.1) is 21.5 Å². The fraction of sp³-hybridized carbons (Fsp3) is 0.250. The van der Waals surface area contributed by atoms with Crippen LogP contribution in [0.2, 0.25) is 0 Å². The van der Waals surface area contributed by atoms with Gasteiger partial charge in [0.15, 0.2) is 5.13 Å². The second-order valence-corrected chi connectivity index (χ2v) is 8.57. The summed E-state index contributed by atoms with van der Waals surface area (Å²) < 4.78 is 0. The van der Waals surface area contributed by atoms with Crippen molar-refractivity contribution in [2.45, 2.75) is 27.2 Å². The Hall–Kier alpha value is -2.91. The van der Waals surface area contributed by atoms with E-state index in [1.807, 2.05) is 30.3 Å². The van der Waals surface area contributed by atoms with Gasteiger partial charge in [-0.3, -0.25) is 19.8 Å². The third-order valence-electron chi connectivity index (χ3n) is 3.72. The van der Waals surface area contributed by atoms with Crippen LogP contribution in [0.4, 0.5) is 16.0 Å². The molecule has 1 aromatic carbocycles. The highest BCUT2D eigenvalue weighted by molar-refractivity contribution is 7.15. The maximum Gasteiger partial charge on any atom is 0.250 e. The molecule has 1 N–H and O–H groups in total. The van der Waals surface area contributed by atoms with Crippen LogP contribution in [0.25, 0.3) is 6.08 Å². The summed E-state index contributed by atoms with van der Waals surface area (Å²) >= 11 is 2.71. The lowest BCUT2D eigenvalue weighted by atomic mass is 10.1. The Morgan fingerprint density at radius 2 is 1.97 bits per heavy atom. The van der Waals surface area contributed by atoms with Gasteiger partial charge in [-0.1, -0.05) is 43.4 Å². The van der Waals surface area contributed by atoms with Crippen LogP contribution in [0, 0.1) is 5.92 Å². The minimum atomic E-state index is -0.307. The van der Waals surface area contributed by atoms with Crippen molar-refractivity contribution in [2.24, 2.45) is 5.92 Å². The van der Waals surface area contributed by atoms with Crippen molar-refractivity contribution in [3.05, 3.63) is 52.5 Å². The van der Waals surface area contributed by atoms with Crippen molar-refractivity contribution in [2.75, 3.05) is 10.2 Å². The fourth-order valence-electron chi connectivity index (χ4n) is 2.50. The lowest BCUT2D eigenvalue weighted by molar-refractivity contribution is -0.116. The molecule has 0 aliphatic rings. The summed E-state index contributed by atoms with van der Waals surface area (Å²) in [6, 6.07) is 9.32. The molecule has 0 aliphatic heterocycles. The monoisotopic (exact) mass is 427 g/mol. The van der Waals surface area contributed by atoms with Crippen molar-refractivity contribution in [3.63, 3.8) is 0 Å². The summed E-state index contributed by atoms with van der Waals surface area (Å²) in [4.78, 5) is 30.2. The standard InChI is InChI=1S/C20H21N5O2S2/c1-13(2)11-18-23-24-19(29-18)22-17(27)10-9-15-12-28-20(21-15)25(14(3)26)16-7-5-4-6-8-16/h4-10,12-13H,11H2,1-3H3,(H,22,24,27). The molecule has 0 bridgehead atoms. The van der Waals surface area contributed by atoms with E-state index in [1.54, 1.807) is 16.4 Å². The Morgan fingerprint density at radius 3 is 2.66 bits per heavy atom. The molecular formula is C20H21N5O2S2. The van der Waals surface area contributed by atoms with Gasteiger partial charge in [0.05, 0.1) is 11.4 Å². The van der Waals surface area contributed by atoms with E-state index in [9.17, 15) is 9.59 Å². The Morgan fingerprint density at radius 1 is 1.21 bits per heavy atom. The van der Waals surface area contributed by atoms with Crippen molar-refractivity contribution in [1.29, 1.82) is 0 Å². The summed E-state index contributed by atoms with van der Waals surface area (Å²) in [5, 5.41) is 14.5. The zero-order valence-corrected chi connectivity index (χ0v) is 18.0. The molecule has 0 atom stereocenters. The highest BCUT2D eigenvalue weighted by Gasteiger charge is 2.17. The molecule has 0 aliphatic carbocycles. The second-order valence-electron chi connectivity index (χ2n) is 6.67. The van der Waals surface area contributed by atoms with Crippen molar-refractivity contribution < 1.29 is 9.59 Å². The number of anilines is 3. The van der Waals surface area contributed by atoms with Gasteiger partial charge >= 0.3 is 0 Å². The zero-order chi connectivity index (χ0) is 20.8. The van der Waals surface area contributed by atoms with Crippen LogP contribution in [0.15, 0.2) is 41.8 Å². The minimum absolute atomic E-state index is 0.132. The lowest BCUT2D eigenvalue weighted by Gasteiger charge is -2.17. The number of carbonyl (C=O) groups excluding carboxylic acids is 2. The molecule has 0 unspecified atom stereocenters. The average Bonchev–Trinajstić information content (AvgIpc) is 3.30. The minimum Gasteiger partial charge on any atom is -0.297 e. The second kappa shape index (κ2) is 9.53. The van der Waals surface area contributed by atoms with Gasteiger partial charge in [0.25, 0.3) is 0 Å². The first kappa shape index (κ1) is 20.8.